The second-order valence-corrected chi connectivity index (χ2v) is 4.77. The molecule has 0 aliphatic heterocycles. The van der Waals surface area contributed by atoms with E-state index >= 15 is 0 Å². The lowest BCUT2D eigenvalue weighted by molar-refractivity contribution is 0.461. The summed E-state index contributed by atoms with van der Waals surface area (Å²) in [4.78, 5) is 0. The fourth-order valence-electron chi connectivity index (χ4n) is 1.96. The van der Waals surface area contributed by atoms with Crippen LogP contribution in [0.2, 0.25) is 0 Å². The third-order valence-corrected chi connectivity index (χ3v) is 3.36. The first-order valence-electron chi connectivity index (χ1n) is 6.57. The van der Waals surface area contributed by atoms with E-state index in [9.17, 15) is 4.39 Å². The summed E-state index contributed by atoms with van der Waals surface area (Å²) in [5.41, 5.74) is 0.716. The molecule has 1 rings (SSSR count). The van der Waals surface area contributed by atoms with Crippen LogP contribution in [0.25, 0.3) is 0 Å². The third kappa shape index (κ3) is 3.73. The van der Waals surface area contributed by atoms with Crippen LogP contribution in [0.15, 0.2) is 18.2 Å². The molecular weight excluding hydrogens is 227 g/mol. The Kier molecular flexibility index (Phi) is 5.64. The highest BCUT2D eigenvalue weighted by Crippen LogP contribution is 2.22. The van der Waals surface area contributed by atoms with Crippen LogP contribution in [0.1, 0.15) is 45.6 Å². The molecule has 0 bridgehead atoms. The van der Waals surface area contributed by atoms with Gasteiger partial charge in [-0.15, -0.1) is 0 Å². The highest BCUT2D eigenvalue weighted by Gasteiger charge is 2.14. The Morgan fingerprint density at radius 1 is 1.33 bits per heavy atom. The smallest absolute Gasteiger partial charge is 0.143 e. The van der Waals surface area contributed by atoms with Crippen LogP contribution in [-0.4, -0.2) is 6.04 Å². The number of halogens is 1. The number of hydrogen-bond donors (Lipinski definition) is 1. The number of rotatable bonds is 6. The van der Waals surface area contributed by atoms with Crippen LogP contribution >= 0.6 is 0 Å². The van der Waals surface area contributed by atoms with Gasteiger partial charge in [0.25, 0.3) is 0 Å². The van der Waals surface area contributed by atoms with Gasteiger partial charge in [-0.2, -0.15) is 5.26 Å². The van der Waals surface area contributed by atoms with Crippen LogP contribution < -0.4 is 5.32 Å². The molecule has 2 atom stereocenters. The van der Waals surface area contributed by atoms with E-state index in [2.05, 4.69) is 26.1 Å². The predicted octanol–water partition coefficient (Wildman–Crippen LogP) is 4.32. The van der Waals surface area contributed by atoms with Gasteiger partial charge in [-0.05, 0) is 30.9 Å². The summed E-state index contributed by atoms with van der Waals surface area (Å²) in [6.45, 7) is 6.48. The normalized spacial score (nSPS) is 13.7. The number of nitrogens with one attached hydrogen (secondary N) is 1. The quantitative estimate of drug-likeness (QED) is 0.813. The molecule has 0 aliphatic carbocycles. The van der Waals surface area contributed by atoms with Crippen molar-refractivity contribution in [2.45, 2.75) is 46.1 Å². The molecule has 0 aromatic heterocycles. The summed E-state index contributed by atoms with van der Waals surface area (Å²) in [6, 6.07) is 6.93. The van der Waals surface area contributed by atoms with Gasteiger partial charge in [-0.1, -0.05) is 33.3 Å². The van der Waals surface area contributed by atoms with E-state index in [0.717, 1.165) is 19.3 Å². The molecule has 2 nitrogen and oxygen atoms in total. The Hall–Kier alpha value is -1.56. The van der Waals surface area contributed by atoms with Gasteiger partial charge in [0, 0.05) is 6.04 Å². The minimum absolute atomic E-state index is 0.111. The van der Waals surface area contributed by atoms with Crippen molar-refractivity contribution in [2.75, 3.05) is 5.32 Å². The van der Waals surface area contributed by atoms with Crippen molar-refractivity contribution in [1.29, 1.82) is 5.26 Å². The van der Waals surface area contributed by atoms with Crippen LogP contribution in [-0.2, 0) is 0 Å². The molecule has 1 aromatic rings. The first kappa shape index (κ1) is 14.5. The van der Waals surface area contributed by atoms with Crippen molar-refractivity contribution in [3.63, 3.8) is 0 Å². The molecule has 3 heteroatoms. The largest absolute Gasteiger partial charge is 0.381 e. The van der Waals surface area contributed by atoms with E-state index in [4.69, 9.17) is 5.26 Å². The monoisotopic (exact) mass is 248 g/mol. The Morgan fingerprint density at radius 2 is 2.06 bits per heavy atom. The zero-order valence-electron chi connectivity index (χ0n) is 11.3. The van der Waals surface area contributed by atoms with Crippen molar-refractivity contribution in [3.8, 4) is 6.07 Å². The highest BCUT2D eigenvalue weighted by molar-refractivity contribution is 5.58. The number of anilines is 1. The van der Waals surface area contributed by atoms with Gasteiger partial charge in [0.1, 0.15) is 17.4 Å². The van der Waals surface area contributed by atoms with E-state index in [-0.39, 0.29) is 11.6 Å². The van der Waals surface area contributed by atoms with E-state index in [1.165, 1.54) is 6.07 Å². The SMILES string of the molecule is CCC(C)CC(CC)Nc1cccc(F)c1C#N. The second kappa shape index (κ2) is 7.00. The molecule has 0 heterocycles. The summed E-state index contributed by atoms with van der Waals surface area (Å²) < 4.78 is 13.5. The van der Waals surface area contributed by atoms with Crippen LogP contribution in [0.5, 0.6) is 0 Å². The summed E-state index contributed by atoms with van der Waals surface area (Å²) in [6.07, 6.45) is 3.13. The maximum Gasteiger partial charge on any atom is 0.143 e. The number of hydrogen-bond acceptors (Lipinski definition) is 2. The summed E-state index contributed by atoms with van der Waals surface area (Å²) in [5, 5.41) is 12.3. The van der Waals surface area contributed by atoms with Gasteiger partial charge in [0.2, 0.25) is 0 Å². The van der Waals surface area contributed by atoms with E-state index in [1.54, 1.807) is 12.1 Å². The average Bonchev–Trinajstić information content (AvgIpc) is 2.38. The molecule has 1 aromatic carbocycles. The molecule has 0 amide bonds. The Labute approximate surface area is 109 Å². The van der Waals surface area contributed by atoms with Gasteiger partial charge >= 0.3 is 0 Å². The first-order chi connectivity index (χ1) is 8.62. The fraction of sp³-hybridized carbons (Fsp3) is 0.533. The molecule has 98 valence electrons. The molecule has 0 saturated heterocycles. The van der Waals surface area contributed by atoms with Crippen LogP contribution in [0.3, 0.4) is 0 Å². The topological polar surface area (TPSA) is 35.8 Å². The molecule has 18 heavy (non-hydrogen) atoms. The minimum Gasteiger partial charge on any atom is -0.381 e. The second-order valence-electron chi connectivity index (χ2n) is 4.77. The molecule has 2 unspecified atom stereocenters. The standard InChI is InChI=1S/C15H21FN2/c1-4-11(3)9-12(5-2)18-15-8-6-7-14(16)13(15)10-17/h6-8,11-12,18H,4-5,9H2,1-3H3. The summed E-state index contributed by atoms with van der Waals surface area (Å²) in [5.74, 6) is 0.169. The van der Waals surface area contributed by atoms with Crippen molar-refractivity contribution < 1.29 is 4.39 Å². The van der Waals surface area contributed by atoms with Crippen LogP contribution in [0, 0.1) is 23.1 Å². The Morgan fingerprint density at radius 3 is 2.61 bits per heavy atom. The maximum absolute atomic E-state index is 13.5. The van der Waals surface area contributed by atoms with Gasteiger partial charge < -0.3 is 5.32 Å². The van der Waals surface area contributed by atoms with E-state index < -0.39 is 5.82 Å². The maximum atomic E-state index is 13.5. The van der Waals surface area contributed by atoms with Gasteiger partial charge in [-0.3, -0.25) is 0 Å². The van der Waals surface area contributed by atoms with Crippen molar-refractivity contribution in [2.24, 2.45) is 5.92 Å². The number of nitriles is 1. The van der Waals surface area contributed by atoms with Gasteiger partial charge in [0.05, 0.1) is 5.69 Å². The van der Waals surface area contributed by atoms with E-state index in [0.29, 0.717) is 11.6 Å². The molecule has 1 N–H and O–H groups in total. The Balaban J connectivity index is 2.82. The zero-order chi connectivity index (χ0) is 13.5. The first-order valence-corrected chi connectivity index (χ1v) is 6.57. The summed E-state index contributed by atoms with van der Waals surface area (Å²) >= 11 is 0. The average molecular weight is 248 g/mol. The lowest BCUT2D eigenvalue weighted by atomic mass is 9.97. The van der Waals surface area contributed by atoms with Gasteiger partial charge in [-0.25, -0.2) is 4.39 Å². The lowest BCUT2D eigenvalue weighted by Gasteiger charge is -2.22. The predicted molar refractivity (Wildman–Crippen MR) is 72.9 cm³/mol. The molecule has 0 radical (unpaired) electrons. The highest BCUT2D eigenvalue weighted by atomic mass is 19.1. The molecule has 0 aliphatic rings. The van der Waals surface area contributed by atoms with Crippen molar-refractivity contribution in [1.82, 2.24) is 0 Å². The third-order valence-electron chi connectivity index (χ3n) is 3.36. The number of benzene rings is 1. The van der Waals surface area contributed by atoms with Gasteiger partial charge in [0.15, 0.2) is 0 Å². The lowest BCUT2D eigenvalue weighted by Crippen LogP contribution is -2.22. The van der Waals surface area contributed by atoms with Crippen LogP contribution in [0.4, 0.5) is 10.1 Å². The zero-order valence-corrected chi connectivity index (χ0v) is 11.3. The molecule has 0 spiro atoms. The van der Waals surface area contributed by atoms with Crippen molar-refractivity contribution >= 4 is 5.69 Å². The number of nitrogens with zero attached hydrogens (tertiary/aromatic N) is 1. The Bertz CT molecular complexity index is 423. The summed E-state index contributed by atoms with van der Waals surface area (Å²) in [7, 11) is 0. The molecular formula is C15H21FN2. The minimum atomic E-state index is -0.458. The van der Waals surface area contributed by atoms with Crippen molar-refractivity contribution in [3.05, 3.63) is 29.6 Å². The molecule has 0 fully saturated rings. The fourth-order valence-corrected chi connectivity index (χ4v) is 1.96. The molecule has 0 saturated carbocycles. The van der Waals surface area contributed by atoms with E-state index in [1.807, 2.05) is 6.07 Å².